The Morgan fingerprint density at radius 1 is 1.33 bits per heavy atom. The fourth-order valence-electron chi connectivity index (χ4n) is 0.888. The Morgan fingerprint density at radius 2 is 1.83 bits per heavy atom. The maximum Gasteiger partial charge on any atom is 0.150 e. The molecular weight excluding hydrogens is 184 g/mol. The molecule has 0 aliphatic rings. The predicted molar refractivity (Wildman–Crippen MR) is 45.5 cm³/mol. The molecule has 0 aromatic heterocycles. The van der Waals surface area contributed by atoms with Crippen LogP contribution in [0.2, 0.25) is 5.02 Å². The number of benzene rings is 1. The van der Waals surface area contributed by atoms with Crippen molar-refractivity contribution in [3.63, 3.8) is 0 Å². The molecule has 1 N–H and O–H groups in total. The lowest BCUT2D eigenvalue weighted by Crippen LogP contribution is -2.02. The van der Waals surface area contributed by atoms with Gasteiger partial charge in [0.15, 0.2) is 11.6 Å². The third-order valence-corrected chi connectivity index (χ3v) is 1.58. The van der Waals surface area contributed by atoms with Gasteiger partial charge in [-0.05, 0) is 19.1 Å². The normalized spacial score (nSPS) is 10.0. The monoisotopic (exact) mass is 191 g/mol. The molecule has 0 heterocycles. The second kappa shape index (κ2) is 3.72. The standard InChI is InChI=1S/C8H8ClF2N/c1-2-12-8-6(10)3-5(9)4-7(8)11/h3-4,12H,2H2,1H3. The topological polar surface area (TPSA) is 12.0 Å². The molecule has 1 aromatic carbocycles. The lowest BCUT2D eigenvalue weighted by molar-refractivity contribution is 0.589. The second-order valence-corrected chi connectivity index (χ2v) is 2.71. The zero-order chi connectivity index (χ0) is 9.14. The smallest absolute Gasteiger partial charge is 0.150 e. The minimum absolute atomic E-state index is 0.0617. The Balaban J connectivity index is 3.10. The highest BCUT2D eigenvalue weighted by atomic mass is 35.5. The van der Waals surface area contributed by atoms with Gasteiger partial charge in [-0.3, -0.25) is 0 Å². The molecule has 0 radical (unpaired) electrons. The van der Waals surface area contributed by atoms with Crippen LogP contribution in [-0.4, -0.2) is 6.54 Å². The van der Waals surface area contributed by atoms with E-state index >= 15 is 0 Å². The Kier molecular flexibility index (Phi) is 2.87. The third-order valence-electron chi connectivity index (χ3n) is 1.36. The van der Waals surface area contributed by atoms with E-state index in [1.807, 2.05) is 0 Å². The fraction of sp³-hybridized carbons (Fsp3) is 0.250. The summed E-state index contributed by atoms with van der Waals surface area (Å²) in [6.07, 6.45) is 0. The molecule has 0 aliphatic carbocycles. The van der Waals surface area contributed by atoms with Gasteiger partial charge >= 0.3 is 0 Å². The van der Waals surface area contributed by atoms with E-state index in [4.69, 9.17) is 11.6 Å². The molecule has 4 heteroatoms. The van der Waals surface area contributed by atoms with E-state index in [9.17, 15) is 8.78 Å². The highest BCUT2D eigenvalue weighted by Crippen LogP contribution is 2.22. The zero-order valence-corrected chi connectivity index (χ0v) is 7.25. The number of halogens is 3. The molecule has 66 valence electrons. The first-order valence-corrected chi connectivity index (χ1v) is 3.91. The number of hydrogen-bond donors (Lipinski definition) is 1. The van der Waals surface area contributed by atoms with E-state index in [2.05, 4.69) is 5.32 Å². The first kappa shape index (κ1) is 9.26. The quantitative estimate of drug-likeness (QED) is 0.758. The first-order chi connectivity index (χ1) is 5.65. The van der Waals surface area contributed by atoms with E-state index in [0.29, 0.717) is 6.54 Å². The molecule has 0 fully saturated rings. The maximum atomic E-state index is 12.9. The van der Waals surface area contributed by atoms with Crippen molar-refractivity contribution in [2.24, 2.45) is 0 Å². The first-order valence-electron chi connectivity index (χ1n) is 3.53. The molecule has 0 saturated carbocycles. The van der Waals surface area contributed by atoms with E-state index in [1.165, 1.54) is 0 Å². The van der Waals surface area contributed by atoms with Crippen LogP contribution in [0.4, 0.5) is 14.5 Å². The Bertz CT molecular complexity index is 265. The van der Waals surface area contributed by atoms with E-state index < -0.39 is 11.6 Å². The summed E-state index contributed by atoms with van der Waals surface area (Å²) < 4.78 is 25.8. The van der Waals surface area contributed by atoms with Crippen LogP contribution in [0.5, 0.6) is 0 Å². The molecule has 12 heavy (non-hydrogen) atoms. The van der Waals surface area contributed by atoms with E-state index in [1.54, 1.807) is 6.92 Å². The summed E-state index contributed by atoms with van der Waals surface area (Å²) in [6, 6.07) is 2.14. The van der Waals surface area contributed by atoms with Crippen molar-refractivity contribution in [1.82, 2.24) is 0 Å². The van der Waals surface area contributed by atoms with Gasteiger partial charge in [-0.25, -0.2) is 8.78 Å². The summed E-state index contributed by atoms with van der Waals surface area (Å²) in [5, 5.41) is 2.62. The molecule has 0 bridgehead atoms. The molecule has 0 amide bonds. The van der Waals surface area contributed by atoms with Crippen molar-refractivity contribution in [2.45, 2.75) is 6.92 Å². The number of anilines is 1. The largest absolute Gasteiger partial charge is 0.381 e. The Labute approximate surface area is 74.3 Å². The van der Waals surface area contributed by atoms with Gasteiger partial charge < -0.3 is 5.32 Å². The summed E-state index contributed by atoms with van der Waals surface area (Å²) in [6.45, 7) is 2.23. The highest BCUT2D eigenvalue weighted by Gasteiger charge is 2.08. The molecule has 0 aliphatic heterocycles. The van der Waals surface area contributed by atoms with Crippen LogP contribution in [0, 0.1) is 11.6 Å². The molecule has 1 rings (SSSR count). The summed E-state index contributed by atoms with van der Waals surface area (Å²) in [4.78, 5) is 0. The van der Waals surface area contributed by atoms with Gasteiger partial charge in [0.2, 0.25) is 0 Å². The van der Waals surface area contributed by atoms with Gasteiger partial charge in [0, 0.05) is 11.6 Å². The Morgan fingerprint density at radius 3 is 2.25 bits per heavy atom. The van der Waals surface area contributed by atoms with Crippen LogP contribution in [0.3, 0.4) is 0 Å². The molecule has 0 unspecified atom stereocenters. The van der Waals surface area contributed by atoms with Crippen LogP contribution in [0.1, 0.15) is 6.92 Å². The summed E-state index contributed by atoms with van der Waals surface area (Å²) >= 11 is 5.41. The van der Waals surface area contributed by atoms with Gasteiger partial charge in [0.1, 0.15) is 5.69 Å². The summed E-state index contributed by atoms with van der Waals surface area (Å²) in [5.74, 6) is -1.33. The summed E-state index contributed by atoms with van der Waals surface area (Å²) in [7, 11) is 0. The van der Waals surface area contributed by atoms with Crippen molar-refractivity contribution in [2.75, 3.05) is 11.9 Å². The minimum Gasteiger partial charge on any atom is -0.381 e. The minimum atomic E-state index is -0.665. The fourth-order valence-corrected chi connectivity index (χ4v) is 1.08. The summed E-state index contributed by atoms with van der Waals surface area (Å²) in [5.41, 5.74) is -0.123. The molecular formula is C8H8ClF2N. The second-order valence-electron chi connectivity index (χ2n) is 2.27. The molecule has 1 aromatic rings. The van der Waals surface area contributed by atoms with Crippen molar-refractivity contribution >= 4 is 17.3 Å². The number of rotatable bonds is 2. The Hall–Kier alpha value is -0.830. The molecule has 0 saturated heterocycles. The van der Waals surface area contributed by atoms with Gasteiger partial charge in [-0.2, -0.15) is 0 Å². The van der Waals surface area contributed by atoms with Crippen molar-refractivity contribution in [1.29, 1.82) is 0 Å². The molecule has 0 spiro atoms. The predicted octanol–water partition coefficient (Wildman–Crippen LogP) is 3.05. The molecule has 0 atom stereocenters. The van der Waals surface area contributed by atoms with Gasteiger partial charge in [0.05, 0.1) is 0 Å². The lowest BCUT2D eigenvalue weighted by Gasteiger charge is -2.05. The van der Waals surface area contributed by atoms with Crippen molar-refractivity contribution in [3.05, 3.63) is 28.8 Å². The maximum absolute atomic E-state index is 12.9. The zero-order valence-electron chi connectivity index (χ0n) is 6.50. The van der Waals surface area contributed by atoms with Gasteiger partial charge in [0.25, 0.3) is 0 Å². The third kappa shape index (κ3) is 1.85. The lowest BCUT2D eigenvalue weighted by atomic mass is 10.3. The van der Waals surface area contributed by atoms with Crippen molar-refractivity contribution in [3.8, 4) is 0 Å². The van der Waals surface area contributed by atoms with Crippen LogP contribution >= 0.6 is 11.6 Å². The van der Waals surface area contributed by atoms with Gasteiger partial charge in [-0.1, -0.05) is 11.6 Å². The van der Waals surface area contributed by atoms with Crippen molar-refractivity contribution < 1.29 is 8.78 Å². The van der Waals surface area contributed by atoms with Crippen LogP contribution < -0.4 is 5.32 Å². The highest BCUT2D eigenvalue weighted by molar-refractivity contribution is 6.30. The van der Waals surface area contributed by atoms with E-state index in [-0.39, 0.29) is 10.7 Å². The van der Waals surface area contributed by atoms with Crippen LogP contribution in [-0.2, 0) is 0 Å². The number of nitrogens with one attached hydrogen (secondary N) is 1. The number of hydrogen-bond acceptors (Lipinski definition) is 1. The van der Waals surface area contributed by atoms with Crippen LogP contribution in [0.15, 0.2) is 12.1 Å². The average molecular weight is 192 g/mol. The molecule has 1 nitrogen and oxygen atoms in total. The SMILES string of the molecule is CCNc1c(F)cc(Cl)cc1F. The average Bonchev–Trinajstić information content (AvgIpc) is 1.96. The van der Waals surface area contributed by atoms with Crippen LogP contribution in [0.25, 0.3) is 0 Å². The van der Waals surface area contributed by atoms with Gasteiger partial charge in [-0.15, -0.1) is 0 Å². The van der Waals surface area contributed by atoms with E-state index in [0.717, 1.165) is 12.1 Å².